The monoisotopic (exact) mass is 322 g/mol. The van der Waals surface area contributed by atoms with E-state index in [0.717, 1.165) is 11.3 Å². The zero-order valence-corrected chi connectivity index (χ0v) is 13.9. The lowest BCUT2D eigenvalue weighted by Gasteiger charge is -2.14. The zero-order valence-electron chi connectivity index (χ0n) is 13.9. The molecule has 0 aliphatic rings. The van der Waals surface area contributed by atoms with Crippen molar-refractivity contribution in [3.8, 4) is 0 Å². The predicted molar refractivity (Wildman–Crippen MR) is 93.9 cm³/mol. The van der Waals surface area contributed by atoms with Gasteiger partial charge in [0.1, 0.15) is 5.82 Å². The topological polar surface area (TPSA) is 48.8 Å². The van der Waals surface area contributed by atoms with Gasteiger partial charge >= 0.3 is 0 Å². The Bertz CT molecular complexity index is 580. The average Bonchev–Trinajstić information content (AvgIpc) is 2.50. The maximum atomic E-state index is 12.5. The molecule has 6 heteroatoms. The maximum Gasteiger partial charge on any atom is 0.242 e. The van der Waals surface area contributed by atoms with Crippen LogP contribution in [0.15, 0.2) is 45.6 Å². The van der Waals surface area contributed by atoms with Gasteiger partial charge in [-0.15, -0.1) is 0 Å². The SMILES string of the molecule is C=N/C(Nc1cccc(CC(F)F)c1)=C(/CNC)C(C)=NCC. The van der Waals surface area contributed by atoms with Crippen LogP contribution >= 0.6 is 0 Å². The minimum absolute atomic E-state index is 0.268. The molecule has 1 aromatic rings. The van der Waals surface area contributed by atoms with E-state index in [4.69, 9.17) is 0 Å². The molecule has 0 radical (unpaired) electrons. The number of nitrogens with zero attached hydrogens (tertiary/aromatic N) is 2. The lowest BCUT2D eigenvalue weighted by molar-refractivity contribution is 0.149. The zero-order chi connectivity index (χ0) is 17.2. The van der Waals surface area contributed by atoms with E-state index in [9.17, 15) is 8.78 Å². The van der Waals surface area contributed by atoms with Crippen LogP contribution < -0.4 is 10.6 Å². The van der Waals surface area contributed by atoms with Crippen molar-refractivity contribution in [3.05, 3.63) is 41.2 Å². The highest BCUT2D eigenvalue weighted by atomic mass is 19.3. The molecule has 0 fully saturated rings. The van der Waals surface area contributed by atoms with Gasteiger partial charge in [0.15, 0.2) is 0 Å². The molecule has 0 spiro atoms. The number of likely N-dealkylation sites (N-methyl/N-ethyl adjacent to an activating group) is 1. The summed E-state index contributed by atoms with van der Waals surface area (Å²) in [6.07, 6.45) is -2.63. The molecule has 23 heavy (non-hydrogen) atoms. The number of benzene rings is 1. The van der Waals surface area contributed by atoms with Crippen LogP contribution in [0, 0.1) is 0 Å². The summed E-state index contributed by atoms with van der Waals surface area (Å²) in [5, 5.41) is 6.23. The van der Waals surface area contributed by atoms with E-state index >= 15 is 0 Å². The van der Waals surface area contributed by atoms with Gasteiger partial charge in [-0.25, -0.2) is 13.8 Å². The number of alkyl halides is 2. The molecule has 4 nitrogen and oxygen atoms in total. The fourth-order valence-corrected chi connectivity index (χ4v) is 2.19. The fourth-order valence-electron chi connectivity index (χ4n) is 2.19. The Kier molecular flexibility index (Phi) is 8.11. The number of hydrogen-bond donors (Lipinski definition) is 2. The average molecular weight is 322 g/mol. The Hall–Kier alpha value is -2.08. The second kappa shape index (κ2) is 9.84. The molecule has 0 amide bonds. The summed E-state index contributed by atoms with van der Waals surface area (Å²) in [6.45, 7) is 8.73. The molecular weight excluding hydrogens is 298 g/mol. The molecule has 0 aliphatic carbocycles. The van der Waals surface area contributed by atoms with E-state index in [0.29, 0.717) is 30.2 Å². The number of halogens is 2. The minimum Gasteiger partial charge on any atom is -0.340 e. The Balaban J connectivity index is 3.11. The second-order valence-electron chi connectivity index (χ2n) is 5.00. The molecule has 0 saturated heterocycles. The second-order valence-corrected chi connectivity index (χ2v) is 5.00. The Morgan fingerprint density at radius 1 is 1.35 bits per heavy atom. The van der Waals surface area contributed by atoms with Crippen molar-refractivity contribution in [1.29, 1.82) is 0 Å². The van der Waals surface area contributed by atoms with Crippen LogP contribution in [0.1, 0.15) is 19.4 Å². The quantitative estimate of drug-likeness (QED) is 0.684. The summed E-state index contributed by atoms with van der Waals surface area (Å²) in [4.78, 5) is 8.45. The first-order chi connectivity index (χ1) is 11.0. The maximum absolute atomic E-state index is 12.5. The van der Waals surface area contributed by atoms with Gasteiger partial charge < -0.3 is 10.6 Å². The molecule has 0 unspecified atom stereocenters. The molecule has 126 valence electrons. The Morgan fingerprint density at radius 2 is 2.09 bits per heavy atom. The van der Waals surface area contributed by atoms with Crippen LogP contribution in [0.25, 0.3) is 0 Å². The van der Waals surface area contributed by atoms with E-state index < -0.39 is 6.43 Å². The van der Waals surface area contributed by atoms with E-state index in [2.05, 4.69) is 27.3 Å². The molecule has 0 saturated carbocycles. The first kappa shape index (κ1) is 19.0. The standard InChI is InChI=1S/C17H24F2N4/c1-5-22-12(2)15(11-20-3)17(21-4)23-14-8-6-7-13(9-14)10-16(18)19/h6-9,16,20,23H,4-5,10-11H2,1-3H3/b17-15+,22-12?. The van der Waals surface area contributed by atoms with E-state index in [1.807, 2.05) is 27.0 Å². The molecular formula is C17H24F2N4. The lowest BCUT2D eigenvalue weighted by atomic mass is 10.1. The van der Waals surface area contributed by atoms with Crippen LogP contribution in [0.5, 0.6) is 0 Å². The molecule has 0 heterocycles. The highest BCUT2D eigenvalue weighted by Crippen LogP contribution is 2.18. The number of hydrogen-bond acceptors (Lipinski definition) is 4. The van der Waals surface area contributed by atoms with Crippen molar-refractivity contribution < 1.29 is 8.78 Å². The molecule has 0 aromatic heterocycles. The number of rotatable bonds is 9. The summed E-state index contributed by atoms with van der Waals surface area (Å²) in [5.74, 6) is 0.572. The van der Waals surface area contributed by atoms with Crippen molar-refractivity contribution in [2.45, 2.75) is 26.7 Å². The van der Waals surface area contributed by atoms with Gasteiger partial charge in [0.25, 0.3) is 0 Å². The molecule has 1 rings (SSSR count). The van der Waals surface area contributed by atoms with Crippen LogP contribution in [-0.2, 0) is 6.42 Å². The molecule has 0 atom stereocenters. The van der Waals surface area contributed by atoms with Crippen molar-refractivity contribution >= 4 is 18.1 Å². The van der Waals surface area contributed by atoms with Crippen molar-refractivity contribution in [2.24, 2.45) is 9.98 Å². The third-order valence-corrected chi connectivity index (χ3v) is 3.21. The summed E-state index contributed by atoms with van der Waals surface area (Å²) < 4.78 is 25.0. The first-order valence-electron chi connectivity index (χ1n) is 7.51. The van der Waals surface area contributed by atoms with Gasteiger partial charge in [-0.05, 0) is 45.3 Å². The van der Waals surface area contributed by atoms with Crippen molar-refractivity contribution in [3.63, 3.8) is 0 Å². The van der Waals surface area contributed by atoms with E-state index in [-0.39, 0.29) is 6.42 Å². The summed E-state index contributed by atoms with van der Waals surface area (Å²) in [7, 11) is 1.84. The molecule has 0 bridgehead atoms. The summed E-state index contributed by atoms with van der Waals surface area (Å²) in [5.41, 5.74) is 3.02. The fraction of sp³-hybridized carbons (Fsp3) is 0.412. The van der Waals surface area contributed by atoms with Crippen LogP contribution in [0.3, 0.4) is 0 Å². The highest BCUT2D eigenvalue weighted by Gasteiger charge is 2.10. The minimum atomic E-state index is -2.36. The van der Waals surface area contributed by atoms with Crippen molar-refractivity contribution in [2.75, 3.05) is 25.5 Å². The van der Waals surface area contributed by atoms with E-state index in [1.165, 1.54) is 0 Å². The third kappa shape index (κ3) is 6.28. The van der Waals surface area contributed by atoms with Gasteiger partial charge in [-0.3, -0.25) is 4.99 Å². The third-order valence-electron chi connectivity index (χ3n) is 3.21. The Morgan fingerprint density at radius 3 is 2.65 bits per heavy atom. The molecule has 0 aliphatic heterocycles. The van der Waals surface area contributed by atoms with Gasteiger partial charge in [-0.2, -0.15) is 0 Å². The highest BCUT2D eigenvalue weighted by molar-refractivity contribution is 5.99. The smallest absolute Gasteiger partial charge is 0.242 e. The Labute approximate surface area is 136 Å². The lowest BCUT2D eigenvalue weighted by Crippen LogP contribution is -2.19. The molecule has 2 N–H and O–H groups in total. The number of nitrogens with one attached hydrogen (secondary N) is 2. The van der Waals surface area contributed by atoms with Crippen LogP contribution in [-0.4, -0.2) is 39.0 Å². The van der Waals surface area contributed by atoms with E-state index in [1.54, 1.807) is 18.2 Å². The van der Waals surface area contributed by atoms with Gasteiger partial charge in [0, 0.05) is 36.5 Å². The number of aliphatic imine (C=N–C) groups is 2. The van der Waals surface area contributed by atoms with Crippen molar-refractivity contribution in [1.82, 2.24) is 5.32 Å². The van der Waals surface area contributed by atoms with Gasteiger partial charge in [-0.1, -0.05) is 12.1 Å². The normalized spacial score (nSPS) is 13.0. The summed E-state index contributed by atoms with van der Waals surface area (Å²) >= 11 is 0. The van der Waals surface area contributed by atoms with Crippen LogP contribution in [0.4, 0.5) is 14.5 Å². The first-order valence-corrected chi connectivity index (χ1v) is 7.51. The largest absolute Gasteiger partial charge is 0.340 e. The van der Waals surface area contributed by atoms with Crippen LogP contribution in [0.2, 0.25) is 0 Å². The van der Waals surface area contributed by atoms with Gasteiger partial charge in [0.2, 0.25) is 6.43 Å². The number of anilines is 1. The summed E-state index contributed by atoms with van der Waals surface area (Å²) in [6, 6.07) is 6.93. The molecule has 1 aromatic carbocycles. The van der Waals surface area contributed by atoms with Gasteiger partial charge in [0.05, 0.1) is 0 Å². The predicted octanol–water partition coefficient (Wildman–Crippen LogP) is 3.52.